The van der Waals surface area contributed by atoms with Gasteiger partial charge in [-0.2, -0.15) is 0 Å². The second-order valence-electron chi connectivity index (χ2n) is 7.60. The summed E-state index contributed by atoms with van der Waals surface area (Å²) in [7, 11) is 0. The molecule has 27 heavy (non-hydrogen) atoms. The van der Waals surface area contributed by atoms with E-state index in [0.717, 1.165) is 23.6 Å². The zero-order valence-corrected chi connectivity index (χ0v) is 14.6. The lowest BCUT2D eigenvalue weighted by Gasteiger charge is -2.22. The first-order valence-electron chi connectivity index (χ1n) is 9.26. The molecule has 2 aliphatic carbocycles. The number of anilines is 1. The Kier molecular flexibility index (Phi) is 3.67. The molecule has 5 unspecified atom stereocenters. The Morgan fingerprint density at radius 2 is 1.93 bits per heavy atom. The summed E-state index contributed by atoms with van der Waals surface area (Å²) < 4.78 is 10.6. The predicted molar refractivity (Wildman–Crippen MR) is 96.6 cm³/mol. The summed E-state index contributed by atoms with van der Waals surface area (Å²) in [5, 5.41) is 4.74. The highest BCUT2D eigenvalue weighted by Gasteiger charge is 2.64. The summed E-state index contributed by atoms with van der Waals surface area (Å²) >= 11 is 0. The number of fused-ring (bicyclic) bond motifs is 2. The molecule has 5 rings (SSSR count). The number of hydrogen-bond donors (Lipinski definition) is 1. The van der Waals surface area contributed by atoms with Gasteiger partial charge in [0.2, 0.25) is 0 Å². The third-order valence-corrected chi connectivity index (χ3v) is 6.16. The summed E-state index contributed by atoms with van der Waals surface area (Å²) in [5.41, 5.74) is 0.677. The van der Waals surface area contributed by atoms with Gasteiger partial charge in [0.1, 0.15) is 6.10 Å². The lowest BCUT2D eigenvalue weighted by atomic mass is 9.80. The predicted octanol–water partition coefficient (Wildman–Crippen LogP) is 2.52. The van der Waals surface area contributed by atoms with E-state index in [1.54, 1.807) is 0 Å². The van der Waals surface area contributed by atoms with Crippen LogP contribution in [0.4, 0.5) is 5.69 Å². The van der Waals surface area contributed by atoms with Gasteiger partial charge in [0.25, 0.3) is 5.91 Å². The van der Waals surface area contributed by atoms with E-state index in [1.807, 2.05) is 42.5 Å². The number of carbonyl (C=O) groups is 3. The van der Waals surface area contributed by atoms with Crippen molar-refractivity contribution in [1.29, 1.82) is 0 Å². The smallest absolute Gasteiger partial charge is 0.310 e. The Balaban J connectivity index is 1.23. The molecule has 1 heterocycles. The van der Waals surface area contributed by atoms with Crippen LogP contribution in [-0.2, 0) is 23.9 Å². The van der Waals surface area contributed by atoms with Crippen molar-refractivity contribution in [1.82, 2.24) is 0 Å². The molecule has 0 radical (unpaired) electrons. The number of rotatable bonds is 4. The van der Waals surface area contributed by atoms with Crippen molar-refractivity contribution in [3.8, 4) is 0 Å². The average molecular weight is 365 g/mol. The van der Waals surface area contributed by atoms with Gasteiger partial charge in [-0.1, -0.05) is 36.4 Å². The van der Waals surface area contributed by atoms with Gasteiger partial charge in [-0.3, -0.25) is 14.4 Å². The Bertz CT molecular complexity index is 947. The van der Waals surface area contributed by atoms with Crippen molar-refractivity contribution in [3.05, 3.63) is 42.5 Å². The van der Waals surface area contributed by atoms with Crippen LogP contribution in [0.25, 0.3) is 10.8 Å². The molecule has 3 fully saturated rings. The van der Waals surface area contributed by atoms with E-state index in [-0.39, 0.29) is 36.4 Å². The summed E-state index contributed by atoms with van der Waals surface area (Å²) in [4.78, 5) is 36.8. The molecule has 138 valence electrons. The first-order valence-corrected chi connectivity index (χ1v) is 9.26. The molecular weight excluding hydrogens is 346 g/mol. The lowest BCUT2D eigenvalue weighted by Crippen LogP contribution is -2.34. The standard InChI is InChI=1S/C21H19NO5/c23-17(22-15-7-3-5-11-4-1-2-6-13(11)15)10-26-20(24)18-12-8-14-16(9-12)27-21(25)19(14)18/h1-7,12,14,16,18-19H,8-10H2,(H,22,23). The quantitative estimate of drug-likeness (QED) is 0.842. The zero-order valence-electron chi connectivity index (χ0n) is 14.6. The van der Waals surface area contributed by atoms with Crippen molar-refractivity contribution in [3.63, 3.8) is 0 Å². The number of nitrogens with one attached hydrogen (secondary N) is 1. The van der Waals surface area contributed by atoms with Crippen LogP contribution in [0.2, 0.25) is 0 Å². The zero-order chi connectivity index (χ0) is 18.5. The maximum Gasteiger partial charge on any atom is 0.310 e. The van der Waals surface area contributed by atoms with Crippen LogP contribution < -0.4 is 5.32 Å². The van der Waals surface area contributed by atoms with Gasteiger partial charge in [-0.05, 0) is 30.2 Å². The van der Waals surface area contributed by atoms with Crippen LogP contribution in [0.15, 0.2) is 42.5 Å². The molecule has 1 aliphatic heterocycles. The van der Waals surface area contributed by atoms with Gasteiger partial charge in [0.15, 0.2) is 6.61 Å². The van der Waals surface area contributed by atoms with Crippen LogP contribution in [0.3, 0.4) is 0 Å². The highest BCUT2D eigenvalue weighted by Crippen LogP contribution is 2.57. The van der Waals surface area contributed by atoms with Crippen molar-refractivity contribution in [2.75, 3.05) is 11.9 Å². The highest BCUT2D eigenvalue weighted by atomic mass is 16.6. The minimum absolute atomic E-state index is 0.0220. The Labute approximate surface area is 155 Å². The lowest BCUT2D eigenvalue weighted by molar-refractivity contribution is -0.157. The maximum absolute atomic E-state index is 12.5. The molecule has 5 atom stereocenters. The van der Waals surface area contributed by atoms with Gasteiger partial charge in [0, 0.05) is 17.0 Å². The molecule has 0 aromatic heterocycles. The third-order valence-electron chi connectivity index (χ3n) is 6.16. The molecule has 2 aromatic rings. The molecule has 6 heteroatoms. The second kappa shape index (κ2) is 6.08. The van der Waals surface area contributed by atoms with Gasteiger partial charge in [0.05, 0.1) is 11.8 Å². The van der Waals surface area contributed by atoms with Crippen molar-refractivity contribution < 1.29 is 23.9 Å². The number of carbonyl (C=O) groups excluding carboxylic acids is 3. The number of amides is 1. The van der Waals surface area contributed by atoms with Crippen LogP contribution in [0.1, 0.15) is 12.8 Å². The molecule has 1 N–H and O–H groups in total. The number of hydrogen-bond acceptors (Lipinski definition) is 5. The van der Waals surface area contributed by atoms with Crippen LogP contribution >= 0.6 is 0 Å². The number of esters is 2. The van der Waals surface area contributed by atoms with E-state index < -0.39 is 17.8 Å². The first kappa shape index (κ1) is 16.3. The fraction of sp³-hybridized carbons (Fsp3) is 0.381. The minimum atomic E-state index is -0.466. The van der Waals surface area contributed by atoms with E-state index in [0.29, 0.717) is 5.69 Å². The van der Waals surface area contributed by atoms with E-state index in [9.17, 15) is 14.4 Å². The summed E-state index contributed by atoms with van der Waals surface area (Å²) in [5.74, 6) is -1.72. The van der Waals surface area contributed by atoms with E-state index in [1.165, 1.54) is 0 Å². The summed E-state index contributed by atoms with van der Waals surface area (Å²) in [6.45, 7) is -0.360. The van der Waals surface area contributed by atoms with E-state index in [2.05, 4.69) is 5.32 Å². The van der Waals surface area contributed by atoms with E-state index >= 15 is 0 Å². The van der Waals surface area contributed by atoms with Crippen LogP contribution in [0.5, 0.6) is 0 Å². The molecule has 2 aromatic carbocycles. The molecule has 0 spiro atoms. The maximum atomic E-state index is 12.5. The van der Waals surface area contributed by atoms with E-state index in [4.69, 9.17) is 9.47 Å². The fourth-order valence-corrected chi connectivity index (χ4v) is 5.08. The number of benzene rings is 2. The molecule has 3 aliphatic rings. The third kappa shape index (κ3) is 2.59. The Hall–Kier alpha value is -2.89. The fourth-order valence-electron chi connectivity index (χ4n) is 5.08. The van der Waals surface area contributed by atoms with Crippen molar-refractivity contribution in [2.24, 2.45) is 23.7 Å². The molecular formula is C21H19NO5. The molecule has 1 saturated heterocycles. The average Bonchev–Trinajstić information content (AvgIpc) is 3.29. The van der Waals surface area contributed by atoms with Gasteiger partial charge in [-0.25, -0.2) is 0 Å². The minimum Gasteiger partial charge on any atom is -0.462 e. The van der Waals surface area contributed by atoms with Gasteiger partial charge < -0.3 is 14.8 Å². The summed E-state index contributed by atoms with van der Waals surface area (Å²) in [6, 6.07) is 13.4. The molecule has 2 bridgehead atoms. The SMILES string of the molecule is O=C(COC(=O)C1C2CC3OC(=O)C1C3C2)Nc1cccc2ccccc12. The van der Waals surface area contributed by atoms with Crippen molar-refractivity contribution in [2.45, 2.75) is 18.9 Å². The highest BCUT2D eigenvalue weighted by molar-refractivity contribution is 6.02. The Morgan fingerprint density at radius 1 is 1.11 bits per heavy atom. The second-order valence-corrected chi connectivity index (χ2v) is 7.60. The Morgan fingerprint density at radius 3 is 2.81 bits per heavy atom. The molecule has 2 saturated carbocycles. The molecule has 1 amide bonds. The normalized spacial score (nSPS) is 30.4. The van der Waals surface area contributed by atoms with Crippen LogP contribution in [-0.4, -0.2) is 30.6 Å². The van der Waals surface area contributed by atoms with Gasteiger partial charge >= 0.3 is 11.9 Å². The summed E-state index contributed by atoms with van der Waals surface area (Å²) in [6.07, 6.45) is 1.55. The monoisotopic (exact) mass is 365 g/mol. The van der Waals surface area contributed by atoms with Crippen LogP contribution in [0, 0.1) is 23.7 Å². The largest absolute Gasteiger partial charge is 0.462 e. The van der Waals surface area contributed by atoms with Crippen molar-refractivity contribution >= 4 is 34.3 Å². The molecule has 6 nitrogen and oxygen atoms in total. The first-order chi connectivity index (χ1) is 13.1. The topological polar surface area (TPSA) is 81.7 Å². The number of ether oxygens (including phenoxy) is 2. The van der Waals surface area contributed by atoms with Gasteiger partial charge in [-0.15, -0.1) is 0 Å².